The van der Waals surface area contributed by atoms with Crippen LogP contribution >= 0.6 is 0 Å². The van der Waals surface area contributed by atoms with Gasteiger partial charge in [0, 0.05) is 0 Å². The van der Waals surface area contributed by atoms with E-state index in [1.54, 1.807) is 0 Å². The fourth-order valence-corrected chi connectivity index (χ4v) is 3.21. The van der Waals surface area contributed by atoms with Crippen molar-refractivity contribution in [3.05, 3.63) is 0 Å². The van der Waals surface area contributed by atoms with Crippen molar-refractivity contribution in [1.82, 2.24) is 0 Å². The van der Waals surface area contributed by atoms with E-state index in [0.29, 0.717) is 0 Å². The molecular weight excluding hydrogens is 216 g/mol. The molecule has 0 saturated heterocycles. The van der Waals surface area contributed by atoms with E-state index in [9.17, 15) is 0 Å². The number of rotatable bonds is 11. The van der Waals surface area contributed by atoms with Gasteiger partial charge in [-0.2, -0.15) is 0 Å². The smallest absolute Gasteiger partial charge is 0.0406 e. The van der Waals surface area contributed by atoms with Crippen molar-refractivity contribution < 1.29 is 0 Å². The first-order chi connectivity index (χ1) is 8.60. The van der Waals surface area contributed by atoms with Crippen LogP contribution in [0.2, 0.25) is 0 Å². The van der Waals surface area contributed by atoms with Gasteiger partial charge >= 0.3 is 0 Å². The second-order valence-corrected chi connectivity index (χ2v) is 6.45. The van der Waals surface area contributed by atoms with Gasteiger partial charge in [-0.15, -0.1) is 0 Å². The molecule has 18 heavy (non-hydrogen) atoms. The zero-order valence-electron chi connectivity index (χ0n) is 14.0. The molecule has 0 spiro atoms. The van der Waals surface area contributed by atoms with Gasteiger partial charge in [-0.3, -0.25) is 0 Å². The van der Waals surface area contributed by atoms with Crippen molar-refractivity contribution in [1.29, 1.82) is 0 Å². The molecule has 0 radical (unpaired) electrons. The molecule has 0 aromatic heterocycles. The molecule has 0 heteroatoms. The minimum atomic E-state index is 0.915. The summed E-state index contributed by atoms with van der Waals surface area (Å²) in [6.07, 6.45) is 11.3. The third kappa shape index (κ3) is 7.44. The monoisotopic (exact) mass is 254 g/mol. The van der Waals surface area contributed by atoms with Gasteiger partial charge in [0.1, 0.15) is 0 Å². The Morgan fingerprint density at radius 2 is 0.889 bits per heavy atom. The van der Waals surface area contributed by atoms with Gasteiger partial charge in [0.25, 0.3) is 0 Å². The lowest BCUT2D eigenvalue weighted by molar-refractivity contribution is 0.244. The zero-order valence-corrected chi connectivity index (χ0v) is 14.0. The Kier molecular flexibility index (Phi) is 10.9. The quantitative estimate of drug-likeness (QED) is 0.385. The third-order valence-corrected chi connectivity index (χ3v) is 5.08. The minimum absolute atomic E-state index is 0.915. The normalized spacial score (nSPS) is 13.8. The molecule has 0 saturated carbocycles. The summed E-state index contributed by atoms with van der Waals surface area (Å²) in [5, 5.41) is 0. The number of hydrogen-bond acceptors (Lipinski definition) is 0. The average Bonchev–Trinajstić information content (AvgIpc) is 2.41. The standard InChI is InChI=1S/C18H38/c1-7-15(6)12-18(13-16(8-2)9-3)14-17(10-4)11-5/h15-18H,7-14H2,1-6H3. The van der Waals surface area contributed by atoms with Crippen molar-refractivity contribution in [2.45, 2.75) is 92.9 Å². The van der Waals surface area contributed by atoms with Gasteiger partial charge in [0.05, 0.1) is 0 Å². The van der Waals surface area contributed by atoms with Crippen molar-refractivity contribution in [2.75, 3.05) is 0 Å². The van der Waals surface area contributed by atoms with Crippen LogP contribution in [0.25, 0.3) is 0 Å². The maximum atomic E-state index is 2.44. The van der Waals surface area contributed by atoms with Crippen LogP contribution in [-0.2, 0) is 0 Å². The highest BCUT2D eigenvalue weighted by molar-refractivity contribution is 4.71. The van der Waals surface area contributed by atoms with Crippen molar-refractivity contribution in [3.63, 3.8) is 0 Å². The summed E-state index contributed by atoms with van der Waals surface area (Å²) in [6.45, 7) is 14.2. The molecule has 0 rings (SSSR count). The summed E-state index contributed by atoms with van der Waals surface area (Å²) < 4.78 is 0. The van der Waals surface area contributed by atoms with Crippen LogP contribution in [0.3, 0.4) is 0 Å². The van der Waals surface area contributed by atoms with Crippen LogP contribution in [0, 0.1) is 23.7 Å². The topological polar surface area (TPSA) is 0 Å². The molecular formula is C18H38. The molecule has 0 heterocycles. The van der Waals surface area contributed by atoms with Gasteiger partial charge in [-0.05, 0) is 42.9 Å². The number of hydrogen-bond donors (Lipinski definition) is 0. The molecule has 0 bridgehead atoms. The van der Waals surface area contributed by atoms with E-state index in [0.717, 1.165) is 23.7 Å². The molecule has 0 fully saturated rings. The molecule has 1 unspecified atom stereocenters. The van der Waals surface area contributed by atoms with Gasteiger partial charge in [-0.1, -0.05) is 73.6 Å². The minimum Gasteiger partial charge on any atom is -0.0651 e. The van der Waals surface area contributed by atoms with E-state index in [2.05, 4.69) is 41.5 Å². The highest BCUT2D eigenvalue weighted by atomic mass is 14.2. The van der Waals surface area contributed by atoms with Gasteiger partial charge in [0.15, 0.2) is 0 Å². The third-order valence-electron chi connectivity index (χ3n) is 5.08. The lowest BCUT2D eigenvalue weighted by Gasteiger charge is -2.27. The Morgan fingerprint density at radius 1 is 0.500 bits per heavy atom. The second kappa shape index (κ2) is 10.9. The maximum absolute atomic E-state index is 2.44. The van der Waals surface area contributed by atoms with Crippen LogP contribution in [0.5, 0.6) is 0 Å². The fourth-order valence-electron chi connectivity index (χ4n) is 3.21. The summed E-state index contributed by atoms with van der Waals surface area (Å²) in [5.41, 5.74) is 0. The Labute approximate surface area is 117 Å². The first kappa shape index (κ1) is 18.0. The van der Waals surface area contributed by atoms with Crippen LogP contribution in [0.15, 0.2) is 0 Å². The maximum Gasteiger partial charge on any atom is -0.0406 e. The van der Waals surface area contributed by atoms with Crippen LogP contribution in [0.4, 0.5) is 0 Å². The average molecular weight is 255 g/mol. The van der Waals surface area contributed by atoms with E-state index >= 15 is 0 Å². The Hall–Kier alpha value is 0. The van der Waals surface area contributed by atoms with Crippen LogP contribution < -0.4 is 0 Å². The molecule has 0 aliphatic carbocycles. The zero-order chi connectivity index (χ0) is 14.0. The predicted octanol–water partition coefficient (Wildman–Crippen LogP) is 6.69. The van der Waals surface area contributed by atoms with E-state index in [4.69, 9.17) is 0 Å². The van der Waals surface area contributed by atoms with Gasteiger partial charge in [-0.25, -0.2) is 0 Å². The molecule has 0 aliphatic rings. The van der Waals surface area contributed by atoms with Crippen molar-refractivity contribution in [2.24, 2.45) is 23.7 Å². The lowest BCUT2D eigenvalue weighted by atomic mass is 9.79. The molecule has 0 nitrogen and oxygen atoms in total. The first-order valence-electron chi connectivity index (χ1n) is 8.60. The van der Waals surface area contributed by atoms with E-state index in [1.165, 1.54) is 51.4 Å². The van der Waals surface area contributed by atoms with Crippen molar-refractivity contribution in [3.8, 4) is 0 Å². The van der Waals surface area contributed by atoms with Crippen LogP contribution in [0.1, 0.15) is 92.9 Å². The Balaban J connectivity index is 4.39. The first-order valence-corrected chi connectivity index (χ1v) is 8.60. The predicted molar refractivity (Wildman–Crippen MR) is 84.9 cm³/mol. The summed E-state index contributed by atoms with van der Waals surface area (Å²) in [4.78, 5) is 0. The highest BCUT2D eigenvalue weighted by Crippen LogP contribution is 2.32. The molecule has 0 amide bonds. The lowest BCUT2D eigenvalue weighted by Crippen LogP contribution is -2.15. The Morgan fingerprint density at radius 3 is 1.17 bits per heavy atom. The van der Waals surface area contributed by atoms with Gasteiger partial charge < -0.3 is 0 Å². The van der Waals surface area contributed by atoms with Crippen LogP contribution in [-0.4, -0.2) is 0 Å². The van der Waals surface area contributed by atoms with E-state index in [-0.39, 0.29) is 0 Å². The highest BCUT2D eigenvalue weighted by Gasteiger charge is 2.19. The molecule has 1 atom stereocenters. The van der Waals surface area contributed by atoms with Gasteiger partial charge in [0.2, 0.25) is 0 Å². The summed E-state index contributed by atoms with van der Waals surface area (Å²) in [7, 11) is 0. The van der Waals surface area contributed by atoms with E-state index in [1.807, 2.05) is 0 Å². The largest absolute Gasteiger partial charge is 0.0651 e. The summed E-state index contributed by atoms with van der Waals surface area (Å²) >= 11 is 0. The molecule has 110 valence electrons. The second-order valence-electron chi connectivity index (χ2n) is 6.45. The fraction of sp³-hybridized carbons (Fsp3) is 1.00. The molecule has 0 aromatic carbocycles. The molecule has 0 aromatic rings. The molecule has 0 N–H and O–H groups in total. The summed E-state index contributed by atoms with van der Waals surface area (Å²) in [5.74, 6) is 3.83. The summed E-state index contributed by atoms with van der Waals surface area (Å²) in [6, 6.07) is 0. The molecule has 0 aliphatic heterocycles. The Bertz CT molecular complexity index is 151. The van der Waals surface area contributed by atoms with E-state index < -0.39 is 0 Å². The SMILES string of the molecule is CCC(C)CC(CC(CC)CC)CC(CC)CC. The van der Waals surface area contributed by atoms with Crippen molar-refractivity contribution >= 4 is 0 Å².